The molecule has 1 heterocycles. The second-order valence-corrected chi connectivity index (χ2v) is 6.31. The Kier molecular flexibility index (Phi) is 4.38. The van der Waals surface area contributed by atoms with Gasteiger partial charge < -0.3 is 5.11 Å². The molecule has 2 rings (SSSR count). The molecule has 1 aromatic carbocycles. The molecule has 1 aromatic heterocycles. The molecule has 0 aliphatic rings. The van der Waals surface area contributed by atoms with Gasteiger partial charge in [0.05, 0.1) is 6.10 Å². The summed E-state index contributed by atoms with van der Waals surface area (Å²) in [6.45, 7) is 3.73. The minimum atomic E-state index is -0.388. The Morgan fingerprint density at radius 3 is 2.78 bits per heavy atom. The Hall–Kier alpha value is -0.900. The Balaban J connectivity index is 2.29. The van der Waals surface area contributed by atoms with Crippen LogP contribution in [0.1, 0.15) is 18.7 Å². The van der Waals surface area contributed by atoms with Gasteiger partial charge in [-0.25, -0.2) is 0 Å². The molecule has 2 aromatic rings. The van der Waals surface area contributed by atoms with Crippen LogP contribution in [0.25, 0.3) is 16.5 Å². The Bertz CT molecular complexity index is 569. The molecule has 18 heavy (non-hydrogen) atoms. The third-order valence-electron chi connectivity index (χ3n) is 2.76. The van der Waals surface area contributed by atoms with Crippen LogP contribution in [0.5, 0.6) is 0 Å². The highest BCUT2D eigenvalue weighted by molar-refractivity contribution is 9.10. The van der Waals surface area contributed by atoms with Gasteiger partial charge in [-0.1, -0.05) is 28.1 Å². The van der Waals surface area contributed by atoms with Gasteiger partial charge in [-0.15, -0.1) is 11.3 Å². The lowest BCUT2D eigenvalue weighted by Crippen LogP contribution is -1.99. The van der Waals surface area contributed by atoms with Crippen molar-refractivity contribution in [2.75, 3.05) is 0 Å². The fourth-order valence-electron chi connectivity index (χ4n) is 1.57. The van der Waals surface area contributed by atoms with Crippen LogP contribution < -0.4 is 0 Å². The predicted octanol–water partition coefficient (Wildman–Crippen LogP) is 4.96. The molecule has 1 nitrogen and oxygen atoms in total. The number of aliphatic hydroxyl groups excluding tert-OH is 1. The molecule has 1 unspecified atom stereocenters. The average Bonchev–Trinajstić information content (AvgIpc) is 2.77. The fourth-order valence-corrected chi connectivity index (χ4v) is 2.99. The lowest BCUT2D eigenvalue weighted by molar-refractivity contribution is 0.232. The van der Waals surface area contributed by atoms with Gasteiger partial charge in [-0.2, -0.15) is 0 Å². The Labute approximate surface area is 120 Å². The van der Waals surface area contributed by atoms with Gasteiger partial charge in [-0.05, 0) is 55.3 Å². The SMILES string of the molecule is C/C(=C\c1ccc(-c2cccc(Br)c2)s1)C(C)O. The van der Waals surface area contributed by atoms with Crippen LogP contribution in [0.15, 0.2) is 46.4 Å². The Morgan fingerprint density at radius 2 is 2.11 bits per heavy atom. The normalized spacial score (nSPS) is 13.7. The van der Waals surface area contributed by atoms with Crippen molar-refractivity contribution in [2.24, 2.45) is 0 Å². The molecule has 3 heteroatoms. The number of hydrogen-bond acceptors (Lipinski definition) is 2. The monoisotopic (exact) mass is 322 g/mol. The summed E-state index contributed by atoms with van der Waals surface area (Å²) in [7, 11) is 0. The molecule has 94 valence electrons. The van der Waals surface area contributed by atoms with E-state index in [4.69, 9.17) is 0 Å². The number of aliphatic hydroxyl groups is 1. The van der Waals surface area contributed by atoms with E-state index in [1.807, 2.05) is 25.1 Å². The van der Waals surface area contributed by atoms with E-state index >= 15 is 0 Å². The molecule has 0 amide bonds. The van der Waals surface area contributed by atoms with E-state index in [1.54, 1.807) is 18.3 Å². The zero-order chi connectivity index (χ0) is 13.1. The van der Waals surface area contributed by atoms with Crippen LogP contribution >= 0.6 is 27.3 Å². The first-order chi connectivity index (χ1) is 8.56. The minimum absolute atomic E-state index is 0.388. The van der Waals surface area contributed by atoms with Gasteiger partial charge in [-0.3, -0.25) is 0 Å². The zero-order valence-corrected chi connectivity index (χ0v) is 12.8. The first-order valence-corrected chi connectivity index (χ1v) is 7.39. The van der Waals surface area contributed by atoms with Gasteiger partial charge in [0.15, 0.2) is 0 Å². The van der Waals surface area contributed by atoms with Crippen molar-refractivity contribution in [1.29, 1.82) is 0 Å². The van der Waals surface area contributed by atoms with Crippen LogP contribution in [0, 0.1) is 0 Å². The molecule has 0 fully saturated rings. The smallest absolute Gasteiger partial charge is 0.0722 e. The average molecular weight is 323 g/mol. The Morgan fingerprint density at radius 1 is 1.33 bits per heavy atom. The number of benzene rings is 1. The van der Waals surface area contributed by atoms with E-state index in [2.05, 4.69) is 40.2 Å². The quantitative estimate of drug-likeness (QED) is 0.846. The van der Waals surface area contributed by atoms with Crippen LogP contribution in [0.4, 0.5) is 0 Å². The fraction of sp³-hybridized carbons (Fsp3) is 0.200. The van der Waals surface area contributed by atoms with Crippen molar-refractivity contribution >= 4 is 33.3 Å². The molecule has 0 saturated heterocycles. The maximum Gasteiger partial charge on any atom is 0.0722 e. The summed E-state index contributed by atoms with van der Waals surface area (Å²) in [5.41, 5.74) is 2.20. The van der Waals surface area contributed by atoms with Gasteiger partial charge in [0.25, 0.3) is 0 Å². The summed E-state index contributed by atoms with van der Waals surface area (Å²) < 4.78 is 1.09. The highest BCUT2D eigenvalue weighted by atomic mass is 79.9. The van der Waals surface area contributed by atoms with Crippen LogP contribution in [0.2, 0.25) is 0 Å². The molecular weight excluding hydrogens is 308 g/mol. The van der Waals surface area contributed by atoms with E-state index in [1.165, 1.54) is 15.3 Å². The van der Waals surface area contributed by atoms with E-state index in [-0.39, 0.29) is 6.10 Å². The number of hydrogen-bond donors (Lipinski definition) is 1. The lowest BCUT2D eigenvalue weighted by atomic mass is 10.1. The van der Waals surface area contributed by atoms with Gasteiger partial charge in [0.1, 0.15) is 0 Å². The highest BCUT2D eigenvalue weighted by Gasteiger charge is 2.04. The topological polar surface area (TPSA) is 20.2 Å². The van der Waals surface area contributed by atoms with Crippen molar-refractivity contribution in [1.82, 2.24) is 0 Å². The van der Waals surface area contributed by atoms with Crippen LogP contribution in [-0.4, -0.2) is 11.2 Å². The standard InChI is InChI=1S/C15H15BrOS/c1-10(11(2)17)8-14-6-7-15(18-14)12-4-3-5-13(16)9-12/h3-9,11,17H,1-2H3/b10-8+. The molecule has 0 bridgehead atoms. The molecule has 0 saturated carbocycles. The molecule has 0 radical (unpaired) electrons. The molecular formula is C15H15BrOS. The molecule has 0 spiro atoms. The summed E-state index contributed by atoms with van der Waals surface area (Å²) in [6, 6.07) is 12.5. The summed E-state index contributed by atoms with van der Waals surface area (Å²) >= 11 is 5.22. The first-order valence-electron chi connectivity index (χ1n) is 5.78. The van der Waals surface area contributed by atoms with Crippen molar-refractivity contribution in [3.63, 3.8) is 0 Å². The van der Waals surface area contributed by atoms with E-state index < -0.39 is 0 Å². The molecule has 1 atom stereocenters. The van der Waals surface area contributed by atoms with Gasteiger partial charge in [0.2, 0.25) is 0 Å². The second kappa shape index (κ2) is 5.83. The maximum absolute atomic E-state index is 9.47. The minimum Gasteiger partial charge on any atom is -0.389 e. The lowest BCUT2D eigenvalue weighted by Gasteiger charge is -2.02. The predicted molar refractivity (Wildman–Crippen MR) is 82.8 cm³/mol. The number of halogens is 1. The maximum atomic E-state index is 9.47. The number of rotatable bonds is 3. The van der Waals surface area contributed by atoms with Gasteiger partial charge >= 0.3 is 0 Å². The summed E-state index contributed by atoms with van der Waals surface area (Å²) in [5.74, 6) is 0. The molecule has 0 aliphatic carbocycles. The zero-order valence-electron chi connectivity index (χ0n) is 10.4. The van der Waals surface area contributed by atoms with Crippen molar-refractivity contribution in [2.45, 2.75) is 20.0 Å². The van der Waals surface area contributed by atoms with E-state index in [9.17, 15) is 5.11 Å². The number of thiophene rings is 1. The summed E-state index contributed by atoms with van der Waals surface area (Å²) in [5, 5.41) is 9.47. The molecule has 0 aliphatic heterocycles. The van der Waals surface area contributed by atoms with Crippen LogP contribution in [-0.2, 0) is 0 Å². The van der Waals surface area contributed by atoms with Crippen LogP contribution in [0.3, 0.4) is 0 Å². The molecule has 1 N–H and O–H groups in total. The third kappa shape index (κ3) is 3.31. The first kappa shape index (κ1) is 13.5. The summed E-state index contributed by atoms with van der Waals surface area (Å²) in [6.07, 6.45) is 1.65. The van der Waals surface area contributed by atoms with Gasteiger partial charge in [0, 0.05) is 14.2 Å². The van der Waals surface area contributed by atoms with E-state index in [0.717, 1.165) is 10.0 Å². The van der Waals surface area contributed by atoms with Crippen molar-refractivity contribution in [3.05, 3.63) is 51.3 Å². The van der Waals surface area contributed by atoms with Crippen molar-refractivity contribution < 1.29 is 5.11 Å². The van der Waals surface area contributed by atoms with E-state index in [0.29, 0.717) is 0 Å². The summed E-state index contributed by atoms with van der Waals surface area (Å²) in [4.78, 5) is 2.41. The third-order valence-corrected chi connectivity index (χ3v) is 4.34. The largest absolute Gasteiger partial charge is 0.389 e. The highest BCUT2D eigenvalue weighted by Crippen LogP contribution is 2.31. The van der Waals surface area contributed by atoms with Crippen molar-refractivity contribution in [3.8, 4) is 10.4 Å². The second-order valence-electron chi connectivity index (χ2n) is 4.28.